The van der Waals surface area contributed by atoms with Crippen LogP contribution in [0.3, 0.4) is 0 Å². The number of unbranched alkanes of at least 4 members (excludes halogenated alkanes) is 2. The molecule has 0 spiro atoms. The Hall–Kier alpha value is -2.99. The van der Waals surface area contributed by atoms with Crippen molar-refractivity contribution < 1.29 is 30.4 Å². The van der Waals surface area contributed by atoms with Crippen molar-refractivity contribution in [2.45, 2.75) is 51.7 Å². The van der Waals surface area contributed by atoms with Crippen LogP contribution in [0.4, 0.5) is 10.2 Å². The number of nitrogens with one attached hydrogen (secondary N) is 2. The summed E-state index contributed by atoms with van der Waals surface area (Å²) in [5.74, 6) is -0.736. The lowest BCUT2D eigenvalue weighted by Gasteiger charge is -2.11. The van der Waals surface area contributed by atoms with Gasteiger partial charge in [-0.25, -0.2) is 21.2 Å². The molecular weight excluding hydrogens is 521 g/mol. The Morgan fingerprint density at radius 3 is 2.30 bits per heavy atom. The van der Waals surface area contributed by atoms with Crippen molar-refractivity contribution in [1.29, 1.82) is 0 Å². The fourth-order valence-corrected chi connectivity index (χ4v) is 6.02. The summed E-state index contributed by atoms with van der Waals surface area (Å²) in [4.78, 5) is 17.1. The minimum absolute atomic E-state index is 0.0267. The number of carbonyl (C=O) groups is 1. The highest BCUT2D eigenvalue weighted by atomic mass is 32.2. The number of sulfonamides is 1. The molecule has 0 saturated heterocycles. The Morgan fingerprint density at radius 2 is 1.70 bits per heavy atom. The number of aryl methyl sites for hydroxylation is 1. The average Bonchev–Trinajstić information content (AvgIpc) is 3.20. The normalized spacial score (nSPS) is 12.3. The number of rotatable bonds is 12. The van der Waals surface area contributed by atoms with E-state index in [1.54, 1.807) is 19.9 Å². The Labute approximate surface area is 216 Å². The lowest BCUT2D eigenvalue weighted by molar-refractivity contribution is 0.0964. The van der Waals surface area contributed by atoms with Gasteiger partial charge in [0.1, 0.15) is 17.4 Å². The fourth-order valence-electron chi connectivity index (χ4n) is 3.78. The van der Waals surface area contributed by atoms with Crippen molar-refractivity contribution >= 4 is 42.7 Å². The molecule has 0 aliphatic heterocycles. The Kier molecular flexibility index (Phi) is 8.96. The largest absolute Gasteiger partial charge is 0.437 e. The van der Waals surface area contributed by atoms with E-state index in [-0.39, 0.29) is 34.4 Å². The number of nitrogens with zero attached hydrogens (tertiary/aromatic N) is 1. The van der Waals surface area contributed by atoms with E-state index in [4.69, 9.17) is 4.42 Å². The molecule has 1 amide bonds. The number of furan rings is 1. The third-order valence-electron chi connectivity index (χ3n) is 6.02. The molecule has 2 aromatic heterocycles. The Bertz CT molecular complexity index is 1480. The van der Waals surface area contributed by atoms with E-state index in [1.807, 2.05) is 6.92 Å². The van der Waals surface area contributed by atoms with E-state index < -0.39 is 36.8 Å². The van der Waals surface area contributed by atoms with E-state index >= 15 is 0 Å². The maximum absolute atomic E-state index is 13.4. The van der Waals surface area contributed by atoms with Crippen molar-refractivity contribution in [2.75, 3.05) is 23.3 Å². The van der Waals surface area contributed by atoms with E-state index in [2.05, 4.69) is 15.0 Å². The molecule has 0 radical (unpaired) electrons. The first-order valence-electron chi connectivity index (χ1n) is 12.0. The summed E-state index contributed by atoms with van der Waals surface area (Å²) in [5.41, 5.74) is 1.32. The Balaban J connectivity index is 1.86. The van der Waals surface area contributed by atoms with Crippen LogP contribution in [0.5, 0.6) is 0 Å². The number of anilines is 1. The number of sulfone groups is 1. The number of benzene rings is 1. The highest BCUT2D eigenvalue weighted by molar-refractivity contribution is 7.92. The van der Waals surface area contributed by atoms with E-state index in [1.165, 1.54) is 31.3 Å². The molecule has 0 unspecified atom stereocenters. The zero-order valence-corrected chi connectivity index (χ0v) is 22.9. The van der Waals surface area contributed by atoms with Crippen LogP contribution in [-0.2, 0) is 26.3 Å². The molecule has 202 valence electrons. The van der Waals surface area contributed by atoms with Crippen molar-refractivity contribution in [3.8, 4) is 11.3 Å². The van der Waals surface area contributed by atoms with Crippen LogP contribution >= 0.6 is 0 Å². The smallest absolute Gasteiger partial charge is 0.255 e. The Morgan fingerprint density at radius 1 is 1.05 bits per heavy atom. The number of halogens is 1. The zero-order valence-electron chi connectivity index (χ0n) is 21.3. The first-order valence-corrected chi connectivity index (χ1v) is 15.4. The van der Waals surface area contributed by atoms with Crippen molar-refractivity contribution in [1.82, 2.24) is 10.3 Å². The number of carbonyl (C=O) groups excluding carboxylic acids is 1. The SMILES string of the molecule is CCc1cc2c(C(=O)NC)c(-c3ccc(F)cc3)oc2nc1NS(=O)(=O)CCCCCS(=O)(=O)C(C)C. The maximum atomic E-state index is 13.4. The average molecular weight is 554 g/mol. The quantitative estimate of drug-likeness (QED) is 0.319. The zero-order chi connectivity index (χ0) is 27.4. The maximum Gasteiger partial charge on any atom is 0.255 e. The summed E-state index contributed by atoms with van der Waals surface area (Å²) in [6.07, 6.45) is 1.57. The van der Waals surface area contributed by atoms with Gasteiger partial charge >= 0.3 is 0 Å². The minimum Gasteiger partial charge on any atom is -0.437 e. The van der Waals surface area contributed by atoms with Gasteiger partial charge in [-0.3, -0.25) is 9.52 Å². The molecule has 0 atom stereocenters. The van der Waals surface area contributed by atoms with Gasteiger partial charge in [0, 0.05) is 12.6 Å². The predicted octanol–water partition coefficient (Wildman–Crippen LogP) is 4.29. The van der Waals surface area contributed by atoms with Gasteiger partial charge in [0.05, 0.1) is 27.7 Å². The lowest BCUT2D eigenvalue weighted by atomic mass is 10.0. The van der Waals surface area contributed by atoms with Crippen LogP contribution in [-0.4, -0.2) is 51.5 Å². The number of aromatic nitrogens is 1. The molecule has 0 saturated carbocycles. The number of pyridine rings is 1. The molecule has 1 aromatic carbocycles. The predicted molar refractivity (Wildman–Crippen MR) is 142 cm³/mol. The standard InChI is InChI=1S/C25H32FN3O6S2/c1-5-17-15-20-21(24(30)27-4)22(18-9-11-19(26)12-10-18)35-25(20)28-23(17)29-37(33,34)14-8-6-7-13-36(31,32)16(2)3/h9-12,15-16H,5-8,13-14H2,1-4H3,(H,27,30)(H,28,29). The van der Waals surface area contributed by atoms with Crippen molar-refractivity contribution in [2.24, 2.45) is 0 Å². The third kappa shape index (κ3) is 6.86. The lowest BCUT2D eigenvalue weighted by Crippen LogP contribution is -2.20. The van der Waals surface area contributed by atoms with Gasteiger partial charge in [0.2, 0.25) is 15.7 Å². The minimum atomic E-state index is -3.77. The number of hydrogen-bond acceptors (Lipinski definition) is 7. The first kappa shape index (κ1) is 28.6. The van der Waals surface area contributed by atoms with E-state index in [9.17, 15) is 26.0 Å². The second kappa shape index (κ2) is 11.6. The summed E-state index contributed by atoms with van der Waals surface area (Å²) in [5, 5.41) is 2.52. The van der Waals surface area contributed by atoms with E-state index in [0.717, 1.165) is 0 Å². The number of fused-ring (bicyclic) bond motifs is 1. The molecule has 2 N–H and O–H groups in total. The van der Waals surface area contributed by atoms with Crippen LogP contribution in [0.25, 0.3) is 22.4 Å². The highest BCUT2D eigenvalue weighted by Gasteiger charge is 2.25. The van der Waals surface area contributed by atoms with Gasteiger partial charge in [-0.05, 0) is 69.0 Å². The first-order chi connectivity index (χ1) is 17.4. The second-order valence-electron chi connectivity index (χ2n) is 8.99. The fraction of sp³-hybridized carbons (Fsp3) is 0.440. The molecule has 12 heteroatoms. The molecule has 2 heterocycles. The van der Waals surface area contributed by atoms with Crippen LogP contribution in [0.1, 0.15) is 56.0 Å². The molecule has 0 bridgehead atoms. The molecule has 3 rings (SSSR count). The van der Waals surface area contributed by atoms with Gasteiger partial charge < -0.3 is 9.73 Å². The van der Waals surface area contributed by atoms with Crippen molar-refractivity contribution in [3.05, 3.63) is 47.3 Å². The monoisotopic (exact) mass is 553 g/mol. The molecule has 37 heavy (non-hydrogen) atoms. The van der Waals surface area contributed by atoms with E-state index in [0.29, 0.717) is 42.2 Å². The van der Waals surface area contributed by atoms with Crippen LogP contribution in [0.2, 0.25) is 0 Å². The summed E-state index contributed by atoms with van der Waals surface area (Å²) < 4.78 is 71.2. The summed E-state index contributed by atoms with van der Waals surface area (Å²) in [7, 11) is -5.45. The molecule has 0 fully saturated rings. The number of amides is 1. The number of hydrogen-bond donors (Lipinski definition) is 2. The van der Waals surface area contributed by atoms with Gasteiger partial charge in [0.25, 0.3) is 5.91 Å². The molecular formula is C25H32FN3O6S2. The van der Waals surface area contributed by atoms with Gasteiger partial charge in [-0.15, -0.1) is 0 Å². The van der Waals surface area contributed by atoms with Crippen LogP contribution < -0.4 is 10.0 Å². The van der Waals surface area contributed by atoms with Crippen molar-refractivity contribution in [3.63, 3.8) is 0 Å². The summed E-state index contributed by atoms with van der Waals surface area (Å²) >= 11 is 0. The summed E-state index contributed by atoms with van der Waals surface area (Å²) in [6.45, 7) is 5.08. The second-order valence-corrected chi connectivity index (χ2v) is 13.5. The molecule has 0 aliphatic carbocycles. The summed E-state index contributed by atoms with van der Waals surface area (Å²) in [6, 6.07) is 7.13. The topological polar surface area (TPSA) is 135 Å². The molecule has 9 nitrogen and oxygen atoms in total. The van der Waals surface area contributed by atoms with Crippen LogP contribution in [0, 0.1) is 5.82 Å². The van der Waals surface area contributed by atoms with Gasteiger partial charge in [-0.1, -0.05) is 13.3 Å². The third-order valence-corrected chi connectivity index (χ3v) is 9.64. The highest BCUT2D eigenvalue weighted by Crippen LogP contribution is 2.35. The molecule has 0 aliphatic rings. The van der Waals surface area contributed by atoms with Gasteiger partial charge in [-0.2, -0.15) is 4.98 Å². The van der Waals surface area contributed by atoms with Gasteiger partial charge in [0.15, 0.2) is 9.84 Å². The van der Waals surface area contributed by atoms with Crippen LogP contribution in [0.15, 0.2) is 34.7 Å². The molecule has 3 aromatic rings.